The molecule has 1 fully saturated rings. The first-order chi connectivity index (χ1) is 11.6. The van der Waals surface area contributed by atoms with Gasteiger partial charge in [-0.25, -0.2) is 0 Å². The molecule has 1 amide bonds. The third kappa shape index (κ3) is 4.35. The average molecular weight is 383 g/mol. The molecule has 0 aliphatic carbocycles. The van der Waals surface area contributed by atoms with Gasteiger partial charge in [-0.1, -0.05) is 29.8 Å². The average Bonchev–Trinajstić information content (AvgIpc) is 3.20. The van der Waals surface area contributed by atoms with Gasteiger partial charge in [0, 0.05) is 18.7 Å². The van der Waals surface area contributed by atoms with Crippen LogP contribution in [0.5, 0.6) is 0 Å². The largest absolute Gasteiger partial charge is 0.350 e. The molecule has 2 heterocycles. The Morgan fingerprint density at radius 2 is 2.16 bits per heavy atom. The van der Waals surface area contributed by atoms with E-state index in [0.29, 0.717) is 24.0 Å². The number of carbonyl (C=O) groups is 1. The van der Waals surface area contributed by atoms with E-state index >= 15 is 0 Å². The summed E-state index contributed by atoms with van der Waals surface area (Å²) in [6, 6.07) is 7.89. The number of amides is 1. The van der Waals surface area contributed by atoms with E-state index in [-0.39, 0.29) is 18.3 Å². The summed E-state index contributed by atoms with van der Waals surface area (Å²) in [6.07, 6.45) is 1.08. The summed E-state index contributed by atoms with van der Waals surface area (Å²) in [7, 11) is 0. The predicted octanol–water partition coefficient (Wildman–Crippen LogP) is 3.08. The van der Waals surface area contributed by atoms with Crippen LogP contribution >= 0.6 is 24.0 Å². The number of hydrogen-bond acceptors (Lipinski definition) is 3. The zero-order valence-electron chi connectivity index (χ0n) is 14.5. The maximum atomic E-state index is 12.6. The molecule has 1 unspecified atom stereocenters. The van der Waals surface area contributed by atoms with Crippen molar-refractivity contribution in [2.24, 2.45) is 0 Å². The van der Waals surface area contributed by atoms with Gasteiger partial charge in [-0.05, 0) is 44.4 Å². The summed E-state index contributed by atoms with van der Waals surface area (Å²) in [5.41, 5.74) is 3.66. The van der Waals surface area contributed by atoms with Crippen molar-refractivity contribution in [2.45, 2.75) is 32.7 Å². The molecule has 2 aromatic rings. The maximum Gasteiger partial charge on any atom is 0.251 e. The Bertz CT molecular complexity index is 739. The molecule has 1 aromatic heterocycles. The third-order valence-corrected chi connectivity index (χ3v) is 5.15. The van der Waals surface area contributed by atoms with E-state index in [1.54, 1.807) is 0 Å². The van der Waals surface area contributed by atoms with Crippen molar-refractivity contribution in [3.05, 3.63) is 51.8 Å². The maximum absolute atomic E-state index is 12.6. The molecule has 7 heteroatoms. The van der Waals surface area contributed by atoms with Crippen LogP contribution in [0.25, 0.3) is 0 Å². The summed E-state index contributed by atoms with van der Waals surface area (Å²) < 4.78 is 1.84. The molecule has 0 radical (unpaired) electrons. The molecule has 1 aliphatic heterocycles. The van der Waals surface area contributed by atoms with E-state index in [2.05, 4.69) is 21.8 Å². The van der Waals surface area contributed by atoms with Gasteiger partial charge in [0.2, 0.25) is 0 Å². The SMILES string of the molecule is Cc1nn(CCNC(=O)c2ccccc2C2CCNC2)c(C)c1Cl.Cl. The molecule has 0 spiro atoms. The molecule has 1 saturated heterocycles. The number of aromatic nitrogens is 2. The molecular formula is C18H24Cl2N4O. The van der Waals surface area contributed by atoms with Gasteiger partial charge in [0.05, 0.1) is 23.0 Å². The normalized spacial score (nSPS) is 16.5. The van der Waals surface area contributed by atoms with Crippen LogP contribution in [0.4, 0.5) is 0 Å². The lowest BCUT2D eigenvalue weighted by Gasteiger charge is -2.15. The van der Waals surface area contributed by atoms with Gasteiger partial charge in [0.1, 0.15) is 0 Å². The topological polar surface area (TPSA) is 59.0 Å². The first-order valence-corrected chi connectivity index (χ1v) is 8.73. The molecule has 1 aromatic carbocycles. The van der Waals surface area contributed by atoms with Gasteiger partial charge < -0.3 is 10.6 Å². The Kier molecular flexibility index (Phi) is 6.87. The van der Waals surface area contributed by atoms with Crippen molar-refractivity contribution in [1.29, 1.82) is 0 Å². The van der Waals surface area contributed by atoms with Crippen molar-refractivity contribution in [2.75, 3.05) is 19.6 Å². The van der Waals surface area contributed by atoms with E-state index in [0.717, 1.165) is 42.0 Å². The van der Waals surface area contributed by atoms with Gasteiger partial charge in [-0.3, -0.25) is 9.48 Å². The minimum Gasteiger partial charge on any atom is -0.350 e. The van der Waals surface area contributed by atoms with Crippen LogP contribution in [0.15, 0.2) is 24.3 Å². The summed E-state index contributed by atoms with van der Waals surface area (Å²) in [5, 5.41) is 11.4. The fourth-order valence-corrected chi connectivity index (χ4v) is 3.38. The Hall–Kier alpha value is -1.56. The number of carbonyl (C=O) groups excluding carboxylic acids is 1. The van der Waals surface area contributed by atoms with Gasteiger partial charge in [0.15, 0.2) is 0 Å². The van der Waals surface area contributed by atoms with Gasteiger partial charge in [-0.15, -0.1) is 12.4 Å². The smallest absolute Gasteiger partial charge is 0.251 e. The van der Waals surface area contributed by atoms with E-state index in [9.17, 15) is 4.79 Å². The minimum atomic E-state index is -0.0230. The number of rotatable bonds is 5. The molecular weight excluding hydrogens is 359 g/mol. The second-order valence-corrected chi connectivity index (χ2v) is 6.62. The number of benzene rings is 1. The van der Waals surface area contributed by atoms with E-state index in [1.165, 1.54) is 0 Å². The van der Waals surface area contributed by atoms with Crippen molar-refractivity contribution < 1.29 is 4.79 Å². The lowest BCUT2D eigenvalue weighted by Crippen LogP contribution is -2.29. The summed E-state index contributed by atoms with van der Waals surface area (Å²) in [4.78, 5) is 12.6. The molecule has 25 heavy (non-hydrogen) atoms. The quantitative estimate of drug-likeness (QED) is 0.834. The number of halogens is 2. The first kappa shape index (κ1) is 19.8. The number of nitrogens with one attached hydrogen (secondary N) is 2. The van der Waals surface area contributed by atoms with Crippen molar-refractivity contribution in [1.82, 2.24) is 20.4 Å². The van der Waals surface area contributed by atoms with Gasteiger partial charge >= 0.3 is 0 Å². The van der Waals surface area contributed by atoms with E-state index < -0.39 is 0 Å². The summed E-state index contributed by atoms with van der Waals surface area (Å²) in [6.45, 7) is 6.91. The highest BCUT2D eigenvalue weighted by molar-refractivity contribution is 6.31. The van der Waals surface area contributed by atoms with Crippen LogP contribution < -0.4 is 10.6 Å². The predicted molar refractivity (Wildman–Crippen MR) is 103 cm³/mol. The van der Waals surface area contributed by atoms with E-state index in [1.807, 2.05) is 36.7 Å². The highest BCUT2D eigenvalue weighted by Gasteiger charge is 2.21. The summed E-state index contributed by atoms with van der Waals surface area (Å²) in [5.74, 6) is 0.395. The Morgan fingerprint density at radius 1 is 1.40 bits per heavy atom. The van der Waals surface area contributed by atoms with Gasteiger partial charge in [-0.2, -0.15) is 5.10 Å². The van der Waals surface area contributed by atoms with Crippen LogP contribution in [-0.4, -0.2) is 35.3 Å². The molecule has 2 N–H and O–H groups in total. The molecule has 5 nitrogen and oxygen atoms in total. The second kappa shape index (κ2) is 8.70. The fraction of sp³-hybridized carbons (Fsp3) is 0.444. The van der Waals surface area contributed by atoms with Crippen LogP contribution in [0, 0.1) is 13.8 Å². The highest BCUT2D eigenvalue weighted by atomic mass is 35.5. The molecule has 0 saturated carbocycles. The zero-order chi connectivity index (χ0) is 17.1. The zero-order valence-corrected chi connectivity index (χ0v) is 16.1. The van der Waals surface area contributed by atoms with Crippen LogP contribution in [0.3, 0.4) is 0 Å². The van der Waals surface area contributed by atoms with Crippen molar-refractivity contribution in [3.63, 3.8) is 0 Å². The Labute approximate surface area is 159 Å². The Morgan fingerprint density at radius 3 is 2.80 bits per heavy atom. The van der Waals surface area contributed by atoms with Crippen LogP contribution in [0.1, 0.15) is 39.6 Å². The van der Waals surface area contributed by atoms with Crippen LogP contribution in [0.2, 0.25) is 5.02 Å². The molecule has 0 bridgehead atoms. The number of hydrogen-bond donors (Lipinski definition) is 2. The minimum absolute atomic E-state index is 0. The van der Waals surface area contributed by atoms with Crippen molar-refractivity contribution >= 4 is 29.9 Å². The monoisotopic (exact) mass is 382 g/mol. The lowest BCUT2D eigenvalue weighted by molar-refractivity contribution is 0.0950. The first-order valence-electron chi connectivity index (χ1n) is 8.35. The Balaban J connectivity index is 0.00000225. The van der Waals surface area contributed by atoms with Crippen molar-refractivity contribution in [3.8, 4) is 0 Å². The van der Waals surface area contributed by atoms with Gasteiger partial charge in [0.25, 0.3) is 5.91 Å². The molecule has 3 rings (SSSR count). The third-order valence-electron chi connectivity index (χ3n) is 4.61. The highest BCUT2D eigenvalue weighted by Crippen LogP contribution is 2.25. The molecule has 136 valence electrons. The molecule has 1 aliphatic rings. The van der Waals surface area contributed by atoms with Crippen LogP contribution in [-0.2, 0) is 6.54 Å². The second-order valence-electron chi connectivity index (χ2n) is 6.24. The summed E-state index contributed by atoms with van der Waals surface area (Å²) >= 11 is 6.15. The number of aryl methyl sites for hydroxylation is 1. The standard InChI is InChI=1S/C18H23ClN4O.ClH/c1-12-17(19)13(2)23(22-12)10-9-21-18(24)16-6-4-3-5-15(16)14-7-8-20-11-14;/h3-6,14,20H,7-11H2,1-2H3,(H,21,24);1H. The van der Waals surface area contributed by atoms with E-state index in [4.69, 9.17) is 11.6 Å². The molecule has 1 atom stereocenters. The fourth-order valence-electron chi connectivity index (χ4n) is 3.24. The number of nitrogens with zero attached hydrogens (tertiary/aromatic N) is 2. The lowest BCUT2D eigenvalue weighted by atomic mass is 9.93.